The van der Waals surface area contributed by atoms with Gasteiger partial charge in [-0.15, -0.1) is 0 Å². The number of nitrogens with zero attached hydrogens (tertiary/aromatic N) is 3. The van der Waals surface area contributed by atoms with Crippen molar-refractivity contribution in [2.75, 3.05) is 12.4 Å². The zero-order chi connectivity index (χ0) is 20.4. The third kappa shape index (κ3) is 3.65. The molecule has 0 aliphatic carbocycles. The molecule has 0 spiro atoms. The molecule has 3 rings (SSSR count). The number of hydrogen-bond acceptors (Lipinski definition) is 5. The van der Waals surface area contributed by atoms with Crippen LogP contribution >= 0.6 is 11.6 Å². The molecule has 1 N–H and O–H groups in total. The first kappa shape index (κ1) is 19.3. The molecule has 10 heteroatoms. The minimum Gasteiger partial charge on any atom is -0.497 e. The lowest BCUT2D eigenvalue weighted by atomic mass is 10.3. The Hall–Kier alpha value is -3.46. The summed E-state index contributed by atoms with van der Waals surface area (Å²) in [5.74, 6) is -0.958. The fourth-order valence-electron chi connectivity index (χ4n) is 2.37. The standard InChI is InChI=1S/C18H14ClFN4O4/c1-23-17(26)15(16(25)21-10-3-8-14(20)13(19)9-10)22-24(18(23)27)11-4-6-12(28-2)7-5-11/h3-9H,1-2H3,(H,21,25). The van der Waals surface area contributed by atoms with Crippen LogP contribution in [-0.4, -0.2) is 27.4 Å². The highest BCUT2D eigenvalue weighted by molar-refractivity contribution is 6.31. The monoisotopic (exact) mass is 404 g/mol. The van der Waals surface area contributed by atoms with Gasteiger partial charge >= 0.3 is 5.69 Å². The number of rotatable bonds is 4. The van der Waals surface area contributed by atoms with Gasteiger partial charge in [0, 0.05) is 12.7 Å². The number of ether oxygens (including phenoxy) is 1. The number of aromatic nitrogens is 3. The maximum Gasteiger partial charge on any atom is 0.351 e. The molecule has 0 atom stereocenters. The Morgan fingerprint density at radius 3 is 2.46 bits per heavy atom. The molecule has 0 fully saturated rings. The first-order chi connectivity index (χ1) is 13.3. The van der Waals surface area contributed by atoms with Crippen molar-refractivity contribution in [1.29, 1.82) is 0 Å². The SMILES string of the molecule is COc1ccc(-n2nc(C(=O)Nc3ccc(F)c(Cl)c3)c(=O)n(C)c2=O)cc1. The summed E-state index contributed by atoms with van der Waals surface area (Å²) in [6, 6.07) is 9.87. The fraction of sp³-hybridized carbons (Fsp3) is 0.111. The molecule has 8 nitrogen and oxygen atoms in total. The molecule has 2 aromatic carbocycles. The van der Waals surface area contributed by atoms with Gasteiger partial charge in [0.1, 0.15) is 11.6 Å². The Morgan fingerprint density at radius 2 is 1.86 bits per heavy atom. The van der Waals surface area contributed by atoms with E-state index in [1.54, 1.807) is 24.3 Å². The Balaban J connectivity index is 2.04. The molecule has 0 saturated carbocycles. The van der Waals surface area contributed by atoms with Crippen molar-refractivity contribution in [3.63, 3.8) is 0 Å². The number of halogens is 2. The van der Waals surface area contributed by atoms with Gasteiger partial charge in [-0.05, 0) is 42.5 Å². The molecule has 0 unspecified atom stereocenters. The number of amides is 1. The van der Waals surface area contributed by atoms with Gasteiger partial charge in [0.2, 0.25) is 5.69 Å². The third-order valence-corrected chi connectivity index (χ3v) is 4.17. The van der Waals surface area contributed by atoms with E-state index in [0.29, 0.717) is 11.4 Å². The molecule has 0 saturated heterocycles. The van der Waals surface area contributed by atoms with Gasteiger partial charge in [-0.2, -0.15) is 9.78 Å². The van der Waals surface area contributed by atoms with Crippen LogP contribution in [0.15, 0.2) is 52.1 Å². The van der Waals surface area contributed by atoms with Crippen LogP contribution in [0, 0.1) is 5.82 Å². The van der Waals surface area contributed by atoms with Crippen molar-refractivity contribution in [2.45, 2.75) is 0 Å². The van der Waals surface area contributed by atoms with Crippen molar-refractivity contribution in [3.05, 3.63) is 79.8 Å². The molecular formula is C18H14ClFN4O4. The maximum atomic E-state index is 13.3. The van der Waals surface area contributed by atoms with Crippen LogP contribution < -0.4 is 21.3 Å². The van der Waals surface area contributed by atoms with Gasteiger partial charge < -0.3 is 10.1 Å². The molecule has 0 bridgehead atoms. The number of carbonyl (C=O) groups is 1. The van der Waals surface area contributed by atoms with Crippen LogP contribution in [0.4, 0.5) is 10.1 Å². The minimum absolute atomic E-state index is 0.169. The molecule has 1 heterocycles. The highest BCUT2D eigenvalue weighted by atomic mass is 35.5. The summed E-state index contributed by atoms with van der Waals surface area (Å²) in [5, 5.41) is 6.12. The molecule has 1 aromatic heterocycles. The lowest BCUT2D eigenvalue weighted by molar-refractivity contribution is 0.101. The maximum absolute atomic E-state index is 13.3. The Bertz CT molecular complexity index is 1170. The van der Waals surface area contributed by atoms with E-state index in [0.717, 1.165) is 15.3 Å². The summed E-state index contributed by atoms with van der Waals surface area (Å²) < 4.78 is 20.0. The first-order valence-corrected chi connectivity index (χ1v) is 8.31. The number of carbonyl (C=O) groups excluding carboxylic acids is 1. The van der Waals surface area contributed by atoms with Crippen molar-refractivity contribution in [1.82, 2.24) is 14.3 Å². The van der Waals surface area contributed by atoms with Gasteiger partial charge in [0.05, 0.1) is 17.8 Å². The summed E-state index contributed by atoms with van der Waals surface area (Å²) in [7, 11) is 2.73. The summed E-state index contributed by atoms with van der Waals surface area (Å²) in [6.45, 7) is 0. The second kappa shape index (κ2) is 7.65. The van der Waals surface area contributed by atoms with E-state index in [-0.39, 0.29) is 10.7 Å². The second-order valence-corrected chi connectivity index (χ2v) is 6.10. The Kier molecular flexibility index (Phi) is 5.27. The predicted molar refractivity (Wildman–Crippen MR) is 101 cm³/mol. The van der Waals surface area contributed by atoms with E-state index in [4.69, 9.17) is 16.3 Å². The molecule has 0 aliphatic rings. The van der Waals surface area contributed by atoms with Crippen LogP contribution in [0.1, 0.15) is 10.5 Å². The van der Waals surface area contributed by atoms with Crippen molar-refractivity contribution >= 4 is 23.2 Å². The average molecular weight is 405 g/mol. The molecule has 144 valence electrons. The van der Waals surface area contributed by atoms with Crippen molar-refractivity contribution in [2.24, 2.45) is 7.05 Å². The fourth-order valence-corrected chi connectivity index (χ4v) is 2.55. The first-order valence-electron chi connectivity index (χ1n) is 7.93. The van der Waals surface area contributed by atoms with E-state index in [1.165, 1.54) is 26.3 Å². The van der Waals surface area contributed by atoms with Gasteiger partial charge in [-0.3, -0.25) is 14.2 Å². The number of benzene rings is 2. The summed E-state index contributed by atoms with van der Waals surface area (Å²) in [5.41, 5.74) is -1.61. The normalized spacial score (nSPS) is 10.6. The number of hydrogen-bond donors (Lipinski definition) is 1. The Morgan fingerprint density at radius 1 is 1.18 bits per heavy atom. The molecule has 0 radical (unpaired) electrons. The van der Waals surface area contributed by atoms with Crippen LogP contribution in [0.25, 0.3) is 5.69 Å². The van der Waals surface area contributed by atoms with Crippen LogP contribution in [-0.2, 0) is 7.05 Å². The highest BCUT2D eigenvalue weighted by Gasteiger charge is 2.19. The van der Waals surface area contributed by atoms with E-state index >= 15 is 0 Å². The van der Waals surface area contributed by atoms with Crippen molar-refractivity contribution in [3.8, 4) is 11.4 Å². The van der Waals surface area contributed by atoms with Gasteiger partial charge in [0.15, 0.2) is 0 Å². The van der Waals surface area contributed by atoms with Crippen molar-refractivity contribution < 1.29 is 13.9 Å². The predicted octanol–water partition coefficient (Wildman–Crippen LogP) is 1.98. The zero-order valence-corrected chi connectivity index (χ0v) is 15.5. The van der Waals surface area contributed by atoms with Crippen LogP contribution in [0.5, 0.6) is 5.75 Å². The van der Waals surface area contributed by atoms with Gasteiger partial charge in [-0.1, -0.05) is 11.6 Å². The lowest BCUT2D eigenvalue weighted by Gasteiger charge is -2.10. The summed E-state index contributed by atoms with van der Waals surface area (Å²) in [6.07, 6.45) is 0. The largest absolute Gasteiger partial charge is 0.497 e. The number of nitrogens with one attached hydrogen (secondary N) is 1. The molecule has 28 heavy (non-hydrogen) atoms. The molecule has 1 amide bonds. The minimum atomic E-state index is -0.875. The van der Waals surface area contributed by atoms with E-state index in [9.17, 15) is 18.8 Å². The summed E-state index contributed by atoms with van der Waals surface area (Å²) >= 11 is 5.69. The Labute approximate surface area is 162 Å². The van der Waals surface area contributed by atoms with Gasteiger partial charge in [-0.25, -0.2) is 9.18 Å². The molecule has 0 aliphatic heterocycles. The van der Waals surface area contributed by atoms with Gasteiger partial charge in [0.25, 0.3) is 11.5 Å². The number of methoxy groups -OCH3 is 1. The van der Waals surface area contributed by atoms with Crippen LogP contribution in [0.2, 0.25) is 5.02 Å². The third-order valence-electron chi connectivity index (χ3n) is 3.88. The second-order valence-electron chi connectivity index (χ2n) is 5.69. The van der Waals surface area contributed by atoms with E-state index < -0.39 is 28.7 Å². The zero-order valence-electron chi connectivity index (χ0n) is 14.8. The van der Waals surface area contributed by atoms with E-state index in [2.05, 4.69) is 10.4 Å². The smallest absolute Gasteiger partial charge is 0.351 e. The number of anilines is 1. The van der Waals surface area contributed by atoms with E-state index in [1.807, 2.05) is 0 Å². The topological polar surface area (TPSA) is 95.2 Å². The lowest BCUT2D eigenvalue weighted by Crippen LogP contribution is -2.43. The molecule has 3 aromatic rings. The quantitative estimate of drug-likeness (QED) is 0.717. The summed E-state index contributed by atoms with van der Waals surface area (Å²) in [4.78, 5) is 37.3. The molecular weight excluding hydrogens is 391 g/mol. The highest BCUT2D eigenvalue weighted by Crippen LogP contribution is 2.19. The van der Waals surface area contributed by atoms with Crippen LogP contribution in [0.3, 0.4) is 0 Å². The average Bonchev–Trinajstić information content (AvgIpc) is 2.69.